The molecule has 1 aromatic rings. The summed E-state index contributed by atoms with van der Waals surface area (Å²) in [6.45, 7) is 14.5. The van der Waals surface area contributed by atoms with Gasteiger partial charge in [0.05, 0.1) is 6.61 Å². The van der Waals surface area contributed by atoms with E-state index in [0.717, 1.165) is 46.6 Å². The maximum atomic E-state index is 5.90. The molecule has 0 bridgehead atoms. The van der Waals surface area contributed by atoms with Crippen LogP contribution in [0.2, 0.25) is 0 Å². The first-order valence-corrected chi connectivity index (χ1v) is 6.25. The van der Waals surface area contributed by atoms with Crippen LogP contribution in [0.25, 0.3) is 0 Å². The van der Waals surface area contributed by atoms with Crippen LogP contribution in [0.4, 0.5) is 5.69 Å². The van der Waals surface area contributed by atoms with Crippen molar-refractivity contribution in [1.29, 1.82) is 0 Å². The smallest absolute Gasteiger partial charge is 0.119 e. The Morgan fingerprint density at radius 3 is 2.28 bits per heavy atom. The number of ether oxygens (including phenoxy) is 1. The molecule has 0 heterocycles. The van der Waals surface area contributed by atoms with Crippen molar-refractivity contribution in [2.45, 2.75) is 33.6 Å². The minimum atomic E-state index is 0.690. The highest BCUT2D eigenvalue weighted by Gasteiger charge is 2.02. The van der Waals surface area contributed by atoms with Gasteiger partial charge in [-0.05, 0) is 56.9 Å². The van der Waals surface area contributed by atoms with Gasteiger partial charge in [0.1, 0.15) is 5.75 Å². The number of allylic oxidation sites excluding steroid dienone is 2. The fourth-order valence-corrected chi connectivity index (χ4v) is 1.71. The Morgan fingerprint density at radius 2 is 1.78 bits per heavy atom. The Kier molecular flexibility index (Phi) is 5.02. The number of anilines is 1. The monoisotopic (exact) mass is 245 g/mol. The lowest BCUT2D eigenvalue weighted by Gasteiger charge is -2.11. The fraction of sp³-hybridized carbons (Fsp3) is 0.375. The van der Waals surface area contributed by atoms with E-state index in [1.807, 2.05) is 32.9 Å². The molecule has 0 saturated carbocycles. The second-order valence-corrected chi connectivity index (χ2v) is 4.81. The average molecular weight is 245 g/mol. The SMILES string of the molecule is C=C(C)C(=C)CCCOc1cc(C)c(N)c(C)c1. The van der Waals surface area contributed by atoms with Crippen LogP contribution in [-0.4, -0.2) is 6.61 Å². The molecule has 0 aromatic heterocycles. The summed E-state index contributed by atoms with van der Waals surface area (Å²) in [5, 5.41) is 0. The van der Waals surface area contributed by atoms with Gasteiger partial charge >= 0.3 is 0 Å². The fourth-order valence-electron chi connectivity index (χ4n) is 1.71. The van der Waals surface area contributed by atoms with Gasteiger partial charge in [-0.3, -0.25) is 0 Å². The number of nitrogen functional groups attached to an aromatic ring is 1. The molecular weight excluding hydrogens is 222 g/mol. The standard InChI is InChI=1S/C16H23NO/c1-11(2)12(3)7-6-8-18-15-9-13(4)16(17)14(5)10-15/h9-10H,1,3,6-8,17H2,2,4-5H3. The molecule has 1 rings (SSSR count). The van der Waals surface area contributed by atoms with E-state index in [0.29, 0.717) is 6.61 Å². The quantitative estimate of drug-likeness (QED) is 0.463. The molecule has 0 spiro atoms. The van der Waals surface area contributed by atoms with Gasteiger partial charge in [0.25, 0.3) is 0 Å². The van der Waals surface area contributed by atoms with Crippen molar-refractivity contribution in [3.63, 3.8) is 0 Å². The molecule has 18 heavy (non-hydrogen) atoms. The molecule has 98 valence electrons. The number of rotatable bonds is 6. The molecule has 0 radical (unpaired) electrons. The van der Waals surface area contributed by atoms with Crippen LogP contribution in [0.3, 0.4) is 0 Å². The lowest BCUT2D eigenvalue weighted by atomic mass is 10.1. The topological polar surface area (TPSA) is 35.2 Å². The third kappa shape index (κ3) is 3.95. The summed E-state index contributed by atoms with van der Waals surface area (Å²) < 4.78 is 5.73. The van der Waals surface area contributed by atoms with Crippen molar-refractivity contribution in [1.82, 2.24) is 0 Å². The predicted octanol–water partition coefficient (Wildman–Crippen LogP) is 4.18. The lowest BCUT2D eigenvalue weighted by molar-refractivity contribution is 0.311. The number of hydrogen-bond acceptors (Lipinski definition) is 2. The van der Waals surface area contributed by atoms with E-state index in [2.05, 4.69) is 13.2 Å². The first-order chi connectivity index (χ1) is 8.41. The molecule has 0 aliphatic heterocycles. The first kappa shape index (κ1) is 14.4. The Labute approximate surface area is 110 Å². The second kappa shape index (κ2) is 6.29. The van der Waals surface area contributed by atoms with Gasteiger partial charge in [-0.1, -0.05) is 24.3 Å². The molecule has 0 fully saturated rings. The van der Waals surface area contributed by atoms with Crippen LogP contribution in [0.5, 0.6) is 5.75 Å². The van der Waals surface area contributed by atoms with Gasteiger partial charge in [0.15, 0.2) is 0 Å². The number of benzene rings is 1. The van der Waals surface area contributed by atoms with Crippen LogP contribution in [0.15, 0.2) is 36.4 Å². The van der Waals surface area contributed by atoms with Gasteiger partial charge in [-0.25, -0.2) is 0 Å². The summed E-state index contributed by atoms with van der Waals surface area (Å²) in [7, 11) is 0. The summed E-state index contributed by atoms with van der Waals surface area (Å²) in [5.74, 6) is 0.889. The number of hydrogen-bond donors (Lipinski definition) is 1. The molecule has 2 nitrogen and oxygen atoms in total. The predicted molar refractivity (Wildman–Crippen MR) is 79.0 cm³/mol. The van der Waals surface area contributed by atoms with Crippen molar-refractivity contribution in [2.24, 2.45) is 0 Å². The van der Waals surface area contributed by atoms with E-state index < -0.39 is 0 Å². The molecule has 0 amide bonds. The van der Waals surface area contributed by atoms with E-state index >= 15 is 0 Å². The van der Waals surface area contributed by atoms with E-state index in [9.17, 15) is 0 Å². The second-order valence-electron chi connectivity index (χ2n) is 4.81. The van der Waals surface area contributed by atoms with E-state index in [1.54, 1.807) is 0 Å². The normalized spacial score (nSPS) is 10.2. The van der Waals surface area contributed by atoms with Crippen molar-refractivity contribution in [3.8, 4) is 5.75 Å². The molecule has 2 N–H and O–H groups in total. The van der Waals surface area contributed by atoms with Crippen LogP contribution in [0, 0.1) is 13.8 Å². The highest BCUT2D eigenvalue weighted by Crippen LogP contribution is 2.23. The summed E-state index contributed by atoms with van der Waals surface area (Å²) >= 11 is 0. The molecule has 0 atom stereocenters. The minimum Gasteiger partial charge on any atom is -0.494 e. The lowest BCUT2D eigenvalue weighted by Crippen LogP contribution is -2.00. The molecule has 0 aliphatic rings. The van der Waals surface area contributed by atoms with Crippen molar-refractivity contribution in [3.05, 3.63) is 47.6 Å². The zero-order valence-corrected chi connectivity index (χ0v) is 11.7. The highest BCUT2D eigenvalue weighted by atomic mass is 16.5. The summed E-state index contributed by atoms with van der Waals surface area (Å²) in [6, 6.07) is 3.96. The Bertz CT molecular complexity index is 437. The number of nitrogens with two attached hydrogens (primary N) is 1. The van der Waals surface area contributed by atoms with Crippen LogP contribution >= 0.6 is 0 Å². The first-order valence-electron chi connectivity index (χ1n) is 6.25. The summed E-state index contributed by atoms with van der Waals surface area (Å²) in [5.41, 5.74) is 11.0. The van der Waals surface area contributed by atoms with E-state index in [1.165, 1.54) is 0 Å². The molecule has 1 aromatic carbocycles. The zero-order valence-electron chi connectivity index (χ0n) is 11.7. The van der Waals surface area contributed by atoms with Gasteiger partial charge in [0, 0.05) is 5.69 Å². The van der Waals surface area contributed by atoms with E-state index in [4.69, 9.17) is 10.5 Å². The van der Waals surface area contributed by atoms with Crippen LogP contribution in [-0.2, 0) is 0 Å². The molecular formula is C16H23NO. The van der Waals surface area contributed by atoms with Gasteiger partial charge < -0.3 is 10.5 Å². The van der Waals surface area contributed by atoms with Gasteiger partial charge in [-0.2, -0.15) is 0 Å². The van der Waals surface area contributed by atoms with Gasteiger partial charge in [-0.15, -0.1) is 0 Å². The molecule has 0 unspecified atom stereocenters. The molecule has 0 saturated heterocycles. The maximum Gasteiger partial charge on any atom is 0.119 e. The molecule has 2 heteroatoms. The third-order valence-electron chi connectivity index (χ3n) is 3.06. The van der Waals surface area contributed by atoms with Crippen LogP contribution < -0.4 is 10.5 Å². The molecule has 0 aliphatic carbocycles. The summed E-state index contributed by atoms with van der Waals surface area (Å²) in [4.78, 5) is 0. The van der Waals surface area contributed by atoms with Crippen molar-refractivity contribution in [2.75, 3.05) is 12.3 Å². The summed E-state index contributed by atoms with van der Waals surface area (Å²) in [6.07, 6.45) is 1.89. The minimum absolute atomic E-state index is 0.690. The van der Waals surface area contributed by atoms with Gasteiger partial charge in [0.2, 0.25) is 0 Å². The Hall–Kier alpha value is -1.70. The number of aryl methyl sites for hydroxylation is 2. The highest BCUT2D eigenvalue weighted by molar-refractivity contribution is 5.56. The Balaban J connectivity index is 2.45. The zero-order chi connectivity index (χ0) is 13.7. The maximum absolute atomic E-state index is 5.90. The largest absolute Gasteiger partial charge is 0.494 e. The third-order valence-corrected chi connectivity index (χ3v) is 3.06. The average Bonchev–Trinajstić information content (AvgIpc) is 2.31. The van der Waals surface area contributed by atoms with Crippen LogP contribution in [0.1, 0.15) is 30.9 Å². The Morgan fingerprint density at radius 1 is 1.22 bits per heavy atom. The van der Waals surface area contributed by atoms with Crippen molar-refractivity contribution < 1.29 is 4.74 Å². The van der Waals surface area contributed by atoms with Crippen molar-refractivity contribution >= 4 is 5.69 Å². The van der Waals surface area contributed by atoms with E-state index in [-0.39, 0.29) is 0 Å².